The number of anilines is 3. The maximum absolute atomic E-state index is 12.5. The van der Waals surface area contributed by atoms with Crippen LogP contribution in [0.15, 0.2) is 77.7 Å². The molecule has 0 aliphatic rings. The first-order valence-corrected chi connectivity index (χ1v) is 11.0. The minimum absolute atomic E-state index is 0.0439. The molecule has 0 bridgehead atoms. The topological polar surface area (TPSA) is 130 Å². The maximum atomic E-state index is 12.5. The van der Waals surface area contributed by atoms with Crippen LogP contribution in [0.25, 0.3) is 0 Å². The van der Waals surface area contributed by atoms with Crippen LogP contribution in [0.4, 0.5) is 27.5 Å². The van der Waals surface area contributed by atoms with E-state index in [-0.39, 0.29) is 10.6 Å². The molecule has 0 aromatic heterocycles. The molecular formula is C19H15IN4O5S. The van der Waals surface area contributed by atoms with Crippen molar-refractivity contribution >= 4 is 61.4 Å². The van der Waals surface area contributed by atoms with Crippen molar-refractivity contribution in [2.75, 3.05) is 15.4 Å². The Balaban J connectivity index is 1.62. The Morgan fingerprint density at radius 1 is 0.800 bits per heavy atom. The Morgan fingerprint density at radius 3 is 1.77 bits per heavy atom. The molecule has 3 N–H and O–H groups in total. The monoisotopic (exact) mass is 538 g/mol. The van der Waals surface area contributed by atoms with Gasteiger partial charge in [-0.3, -0.25) is 14.8 Å². The summed E-state index contributed by atoms with van der Waals surface area (Å²) in [6.07, 6.45) is 0. The molecule has 0 atom stereocenters. The fourth-order valence-corrected chi connectivity index (χ4v) is 3.83. The van der Waals surface area contributed by atoms with E-state index in [1.54, 1.807) is 24.3 Å². The number of rotatable bonds is 6. The number of hydrogen-bond donors (Lipinski definition) is 3. The van der Waals surface area contributed by atoms with Gasteiger partial charge in [0.25, 0.3) is 15.7 Å². The molecule has 0 fully saturated rings. The van der Waals surface area contributed by atoms with Gasteiger partial charge in [0.2, 0.25) is 0 Å². The summed E-state index contributed by atoms with van der Waals surface area (Å²) in [4.78, 5) is 22.2. The standard InChI is InChI=1S/C19H15IN4O5S/c20-13-1-3-16(4-2-13)23-30(28,29)18-11-7-15(8-12-18)22-19(25)21-14-5-9-17(10-6-14)24(26)27/h1-12,23H,(H2,21,22,25). The predicted octanol–water partition coefficient (Wildman–Crippen LogP) is 4.64. The van der Waals surface area contributed by atoms with Crippen molar-refractivity contribution in [3.05, 3.63) is 86.5 Å². The molecule has 0 radical (unpaired) electrons. The Hall–Kier alpha value is -3.19. The summed E-state index contributed by atoms with van der Waals surface area (Å²) in [5, 5.41) is 15.7. The van der Waals surface area contributed by atoms with E-state index in [1.165, 1.54) is 48.5 Å². The second kappa shape index (κ2) is 9.09. The van der Waals surface area contributed by atoms with Gasteiger partial charge in [-0.2, -0.15) is 0 Å². The van der Waals surface area contributed by atoms with E-state index in [1.807, 2.05) is 0 Å². The number of sulfonamides is 1. The molecular weight excluding hydrogens is 523 g/mol. The fraction of sp³-hybridized carbons (Fsp3) is 0. The minimum Gasteiger partial charge on any atom is -0.308 e. The number of carbonyl (C=O) groups is 1. The second-order valence-corrected chi connectivity index (χ2v) is 8.95. The number of non-ortho nitro benzene ring substituents is 1. The van der Waals surface area contributed by atoms with Gasteiger partial charge in [-0.15, -0.1) is 0 Å². The third kappa shape index (κ3) is 5.67. The largest absolute Gasteiger partial charge is 0.323 e. The molecule has 3 aromatic carbocycles. The average Bonchev–Trinajstić information content (AvgIpc) is 2.70. The number of nitro groups is 1. The Kier molecular flexibility index (Phi) is 6.52. The lowest BCUT2D eigenvalue weighted by molar-refractivity contribution is -0.384. The van der Waals surface area contributed by atoms with Crippen molar-refractivity contribution in [3.63, 3.8) is 0 Å². The van der Waals surface area contributed by atoms with Crippen LogP contribution >= 0.6 is 22.6 Å². The first-order chi connectivity index (χ1) is 14.2. The summed E-state index contributed by atoms with van der Waals surface area (Å²) < 4.78 is 28.4. The van der Waals surface area contributed by atoms with E-state index < -0.39 is 21.0 Å². The zero-order valence-corrected chi connectivity index (χ0v) is 18.2. The summed E-state index contributed by atoms with van der Waals surface area (Å²) in [5.41, 5.74) is 1.11. The number of nitrogens with zero attached hydrogens (tertiary/aromatic N) is 1. The third-order valence-corrected chi connectivity index (χ3v) is 5.97. The zero-order chi connectivity index (χ0) is 21.7. The van der Waals surface area contributed by atoms with Gasteiger partial charge in [0.05, 0.1) is 9.82 Å². The molecule has 0 spiro atoms. The highest BCUT2D eigenvalue weighted by atomic mass is 127. The lowest BCUT2D eigenvalue weighted by Crippen LogP contribution is -2.19. The van der Waals surface area contributed by atoms with Crippen LogP contribution in [0.2, 0.25) is 0 Å². The SMILES string of the molecule is O=C(Nc1ccc([N+](=O)[O-])cc1)Nc1ccc(S(=O)(=O)Nc2ccc(I)cc2)cc1. The number of halogens is 1. The van der Waals surface area contributed by atoms with Crippen LogP contribution in [0, 0.1) is 13.7 Å². The average molecular weight is 538 g/mol. The number of benzene rings is 3. The van der Waals surface area contributed by atoms with Gasteiger partial charge in [-0.1, -0.05) is 0 Å². The molecule has 30 heavy (non-hydrogen) atoms. The van der Waals surface area contributed by atoms with E-state index in [2.05, 4.69) is 37.9 Å². The molecule has 2 amide bonds. The number of hydrogen-bond acceptors (Lipinski definition) is 5. The van der Waals surface area contributed by atoms with Crippen LogP contribution in [0.5, 0.6) is 0 Å². The molecule has 0 saturated heterocycles. The Morgan fingerprint density at radius 2 is 1.27 bits per heavy atom. The van der Waals surface area contributed by atoms with E-state index >= 15 is 0 Å². The van der Waals surface area contributed by atoms with Crippen LogP contribution in [-0.4, -0.2) is 19.4 Å². The van der Waals surface area contributed by atoms with Gasteiger partial charge >= 0.3 is 6.03 Å². The first kappa shape index (κ1) is 21.5. The van der Waals surface area contributed by atoms with E-state index in [0.29, 0.717) is 17.1 Å². The number of carbonyl (C=O) groups excluding carboxylic acids is 1. The summed E-state index contributed by atoms with van der Waals surface area (Å²) >= 11 is 2.13. The minimum atomic E-state index is -3.77. The lowest BCUT2D eigenvalue weighted by Gasteiger charge is -2.10. The van der Waals surface area contributed by atoms with Gasteiger partial charge < -0.3 is 10.6 Å². The highest BCUT2D eigenvalue weighted by molar-refractivity contribution is 14.1. The highest BCUT2D eigenvalue weighted by Crippen LogP contribution is 2.20. The molecule has 3 rings (SSSR count). The molecule has 3 aromatic rings. The van der Waals surface area contributed by atoms with Gasteiger partial charge in [-0.25, -0.2) is 13.2 Å². The van der Waals surface area contributed by atoms with Crippen LogP contribution in [0.3, 0.4) is 0 Å². The summed E-state index contributed by atoms with van der Waals surface area (Å²) in [7, 11) is -3.77. The summed E-state index contributed by atoms with van der Waals surface area (Å²) in [6, 6.07) is 17.3. The summed E-state index contributed by atoms with van der Waals surface area (Å²) in [6.45, 7) is 0. The van der Waals surface area contributed by atoms with E-state index in [4.69, 9.17) is 0 Å². The molecule has 11 heteroatoms. The smallest absolute Gasteiger partial charge is 0.308 e. The Bertz CT molecular complexity index is 1170. The predicted molar refractivity (Wildman–Crippen MR) is 122 cm³/mol. The molecule has 0 saturated carbocycles. The normalized spacial score (nSPS) is 10.8. The molecule has 0 unspecified atom stereocenters. The number of urea groups is 1. The molecule has 9 nitrogen and oxygen atoms in total. The quantitative estimate of drug-likeness (QED) is 0.239. The second-order valence-electron chi connectivity index (χ2n) is 6.02. The highest BCUT2D eigenvalue weighted by Gasteiger charge is 2.14. The number of nitrogens with one attached hydrogen (secondary N) is 3. The van der Waals surface area contributed by atoms with E-state index in [0.717, 1.165) is 3.57 Å². The van der Waals surface area contributed by atoms with Crippen LogP contribution in [-0.2, 0) is 10.0 Å². The third-order valence-electron chi connectivity index (χ3n) is 3.85. The van der Waals surface area contributed by atoms with Crippen molar-refractivity contribution < 1.29 is 18.1 Å². The molecule has 0 aliphatic heterocycles. The van der Waals surface area contributed by atoms with Gasteiger partial charge in [0, 0.05) is 32.8 Å². The van der Waals surface area contributed by atoms with Crippen molar-refractivity contribution in [2.24, 2.45) is 0 Å². The number of nitro benzene ring substituents is 1. The lowest BCUT2D eigenvalue weighted by atomic mass is 10.3. The van der Waals surface area contributed by atoms with Crippen LogP contribution < -0.4 is 15.4 Å². The maximum Gasteiger partial charge on any atom is 0.323 e. The van der Waals surface area contributed by atoms with Crippen molar-refractivity contribution in [1.29, 1.82) is 0 Å². The number of amides is 2. The summed E-state index contributed by atoms with van der Waals surface area (Å²) in [5.74, 6) is 0. The van der Waals surface area contributed by atoms with Gasteiger partial charge in [0.15, 0.2) is 0 Å². The van der Waals surface area contributed by atoms with Crippen molar-refractivity contribution in [2.45, 2.75) is 4.90 Å². The van der Waals surface area contributed by atoms with Crippen molar-refractivity contribution in [1.82, 2.24) is 0 Å². The molecule has 154 valence electrons. The first-order valence-electron chi connectivity index (χ1n) is 8.44. The van der Waals surface area contributed by atoms with Crippen molar-refractivity contribution in [3.8, 4) is 0 Å². The van der Waals surface area contributed by atoms with Gasteiger partial charge in [-0.05, 0) is 83.3 Å². The van der Waals surface area contributed by atoms with E-state index in [9.17, 15) is 23.3 Å². The fourth-order valence-electron chi connectivity index (χ4n) is 2.41. The molecule has 0 heterocycles. The molecule has 0 aliphatic carbocycles. The zero-order valence-electron chi connectivity index (χ0n) is 15.2. The van der Waals surface area contributed by atoms with Crippen LogP contribution in [0.1, 0.15) is 0 Å². The van der Waals surface area contributed by atoms with Gasteiger partial charge in [0.1, 0.15) is 0 Å². The Labute approximate surface area is 185 Å².